The van der Waals surface area contributed by atoms with Crippen LogP contribution in [0.4, 0.5) is 0 Å². The van der Waals surface area contributed by atoms with Gasteiger partial charge in [0.15, 0.2) is 0 Å². The molecule has 60 heavy (non-hydrogen) atoms. The summed E-state index contributed by atoms with van der Waals surface area (Å²) in [5.74, 6) is 41.6. The third-order valence-electron chi connectivity index (χ3n) is 49.7. The molecule has 41 fully saturated rings. The zero-order valence-corrected chi connectivity index (χ0v) is 33.6. The molecule has 0 nitrogen and oxygen atoms in total. The predicted molar refractivity (Wildman–Crippen MR) is 191 cm³/mol. The van der Waals surface area contributed by atoms with Crippen LogP contribution in [0.15, 0.2) is 0 Å². The van der Waals surface area contributed by atoms with E-state index in [1.165, 1.54) is 178 Å². The molecular formula is C60H42. The van der Waals surface area contributed by atoms with Crippen molar-refractivity contribution in [1.82, 2.24) is 0 Å². The van der Waals surface area contributed by atoms with E-state index in [9.17, 15) is 0 Å². The Balaban J connectivity index is 0.678. The first kappa shape index (κ1) is 21.3. The fourth-order valence-electron chi connectivity index (χ4n) is 61.8. The second-order valence-electron chi connectivity index (χ2n) is 37.9. The Bertz CT molecular complexity index is 3770. The molecule has 0 saturated heterocycles. The molecule has 54 atom stereocenters. The molecule has 0 heterocycles. The summed E-state index contributed by atoms with van der Waals surface area (Å²) >= 11 is 0. The van der Waals surface area contributed by atoms with Gasteiger partial charge in [0.05, 0.1) is 0 Å². The van der Waals surface area contributed by atoms with E-state index in [1.54, 1.807) is 12.8 Å². The Kier molecular flexibility index (Phi) is 1.22. The Morgan fingerprint density at radius 2 is 0.417 bits per heavy atom. The average molecular weight is 763 g/mol. The van der Waals surface area contributed by atoms with Gasteiger partial charge in [-0.3, -0.25) is 0 Å². The molecule has 24 spiro atoms. The standard InChI is InChI=1S/C60H42/c1-2-9-7(1)8-3-10-11-4-14-18-22-26-30-35-36-32-28-24-20-16-6-13-12-5-15-19-23-27-31-34-33-29-25-21-17(8)41-37(9,10)38(11,14)42(18,41)46(22)45(21,41)49(25)50(26,46)54(30)53(29,49)57(33)58(34)55(31)51(27)47(23)43(19)39(12,15)40(13,16)44(20,43)48(24,47)52(28,51)56(32,55)60(36,58)59(35,54)57/h7-36H,1-6H2. The van der Waals surface area contributed by atoms with Crippen molar-refractivity contribution < 1.29 is 0 Å². The van der Waals surface area contributed by atoms with Crippen molar-refractivity contribution in [1.29, 1.82) is 0 Å². The SMILES string of the molecule is C1CC2C1C1CC3C4CC5C6C7C8C9C%10C%11C%12C%13C%14C%15C%16CC%17C%18CC%19C%20C%21C%22C%23C%24C%25C%26C%27C%28C1C1%29C23C45C61C71C%28%29C%272C81C91C%262C%252C%243C%234C%225C%216C%207C%18%19C%17%16C%157C%146C%135C%124C%113C%1012. The zero-order valence-electron chi connectivity index (χ0n) is 33.6. The van der Waals surface area contributed by atoms with Gasteiger partial charge in [0.2, 0.25) is 0 Å². The first-order chi connectivity index (χ1) is 29.8. The van der Waals surface area contributed by atoms with Gasteiger partial charge in [-0.15, -0.1) is 0 Å². The largest absolute Gasteiger partial charge is 0.0496 e. The van der Waals surface area contributed by atoms with Gasteiger partial charge in [0, 0.05) is 0 Å². The first-order valence-corrected chi connectivity index (χ1v) is 29.8. The van der Waals surface area contributed by atoms with E-state index in [-0.39, 0.29) is 0 Å². The summed E-state index contributed by atoms with van der Waals surface area (Å²) in [5.41, 5.74) is 26.6. The molecule has 0 heteroatoms. The summed E-state index contributed by atoms with van der Waals surface area (Å²) < 4.78 is 0. The zero-order chi connectivity index (χ0) is 33.6. The van der Waals surface area contributed by atoms with Crippen LogP contribution in [-0.4, -0.2) is 0 Å². The van der Waals surface area contributed by atoms with Gasteiger partial charge < -0.3 is 0 Å². The van der Waals surface area contributed by atoms with Crippen LogP contribution in [0.5, 0.6) is 0 Å². The Morgan fingerprint density at radius 3 is 0.733 bits per heavy atom. The number of hydrogen-bond acceptors (Lipinski definition) is 0. The van der Waals surface area contributed by atoms with Crippen LogP contribution in [0, 0.1) is 307 Å². The van der Waals surface area contributed by atoms with Crippen molar-refractivity contribution in [2.45, 2.75) is 38.5 Å². The molecule has 0 aliphatic heterocycles. The topological polar surface area (TPSA) is 0 Å². The Morgan fingerprint density at radius 1 is 0.167 bits per heavy atom. The smallest absolute Gasteiger partial charge is 0.00502 e. The highest BCUT2D eigenvalue weighted by molar-refractivity contribution is 6.05. The van der Waals surface area contributed by atoms with Crippen LogP contribution in [0.1, 0.15) is 38.5 Å². The lowest BCUT2D eigenvalue weighted by Crippen LogP contribution is -3.57. The van der Waals surface area contributed by atoms with Crippen LogP contribution in [0.3, 0.4) is 0 Å². The second-order valence-corrected chi connectivity index (χ2v) is 37.9. The summed E-state index contributed by atoms with van der Waals surface area (Å²) in [6, 6.07) is 0. The lowest BCUT2D eigenvalue weighted by Gasteiger charge is -3.58. The third kappa shape index (κ3) is 0.525. The average Bonchev–Trinajstić information content (AvgIpc) is 3.10. The van der Waals surface area contributed by atoms with Crippen molar-refractivity contribution in [3.63, 3.8) is 0 Å². The van der Waals surface area contributed by atoms with Crippen molar-refractivity contribution in [2.75, 3.05) is 0 Å². The van der Waals surface area contributed by atoms with E-state index < -0.39 is 0 Å². The van der Waals surface area contributed by atoms with E-state index >= 15 is 0 Å². The molecule has 41 rings (SSSR count). The third-order valence-corrected chi connectivity index (χ3v) is 49.7. The minimum atomic E-state index is 1.04. The van der Waals surface area contributed by atoms with Crippen molar-refractivity contribution in [3.05, 3.63) is 0 Å². The van der Waals surface area contributed by atoms with E-state index in [4.69, 9.17) is 0 Å². The molecule has 282 valence electrons. The van der Waals surface area contributed by atoms with E-state index in [2.05, 4.69) is 0 Å². The number of hydrogen-bond donors (Lipinski definition) is 0. The van der Waals surface area contributed by atoms with E-state index in [0.29, 0.717) is 0 Å². The summed E-state index contributed by atoms with van der Waals surface area (Å²) in [4.78, 5) is 0. The van der Waals surface area contributed by atoms with Crippen LogP contribution < -0.4 is 0 Å². The highest BCUT2D eigenvalue weighted by Gasteiger charge is 3.60. The molecule has 0 aromatic heterocycles. The van der Waals surface area contributed by atoms with Crippen LogP contribution in [-0.2, 0) is 0 Å². The molecule has 0 aromatic carbocycles. The van der Waals surface area contributed by atoms with Gasteiger partial charge in [-0.1, -0.05) is 0 Å². The van der Waals surface area contributed by atoms with Gasteiger partial charge in [0.25, 0.3) is 0 Å². The van der Waals surface area contributed by atoms with Gasteiger partial charge in [-0.2, -0.15) is 0 Å². The van der Waals surface area contributed by atoms with Gasteiger partial charge in [-0.25, -0.2) is 0 Å². The molecular weight excluding hydrogens is 721 g/mol. The maximum Gasteiger partial charge on any atom is -0.00502 e. The molecule has 41 saturated carbocycles. The normalized spacial score (nSPS) is 133. The Labute approximate surface area is 344 Å². The van der Waals surface area contributed by atoms with Gasteiger partial charge in [0.1, 0.15) is 0 Å². The molecule has 0 N–H and O–H groups in total. The van der Waals surface area contributed by atoms with Crippen LogP contribution >= 0.6 is 0 Å². The lowest BCUT2D eigenvalue weighted by atomic mass is 8.44. The number of rotatable bonds is 0. The number of fused-ring (bicyclic) bond motifs is 21. The predicted octanol–water partition coefficient (Wildman–Crippen LogP) is 6.03. The molecule has 41 aliphatic carbocycles. The van der Waals surface area contributed by atoms with Crippen molar-refractivity contribution in [2.24, 2.45) is 307 Å². The monoisotopic (exact) mass is 762 g/mol. The van der Waals surface area contributed by atoms with Gasteiger partial charge in [-0.05, 0) is 346 Å². The molecule has 0 aromatic rings. The minimum Gasteiger partial charge on any atom is -0.0496 e. The summed E-state index contributed by atoms with van der Waals surface area (Å²) in [6.07, 6.45) is 10.8. The van der Waals surface area contributed by atoms with E-state index in [1.807, 2.05) is 25.7 Å². The summed E-state index contributed by atoms with van der Waals surface area (Å²) in [7, 11) is 0. The van der Waals surface area contributed by atoms with Crippen molar-refractivity contribution in [3.8, 4) is 0 Å². The molecule has 2 bridgehead atoms. The van der Waals surface area contributed by atoms with Crippen molar-refractivity contribution >= 4 is 0 Å². The minimum absolute atomic E-state index is 1.04. The van der Waals surface area contributed by atoms with Crippen LogP contribution in [0.2, 0.25) is 0 Å². The van der Waals surface area contributed by atoms with Gasteiger partial charge >= 0.3 is 0 Å². The maximum atomic E-state index is 1.85. The molecule has 41 aliphatic rings. The summed E-state index contributed by atoms with van der Waals surface area (Å²) in [6.45, 7) is 0. The molecule has 0 amide bonds. The Hall–Kier alpha value is 0. The molecule has 0 radical (unpaired) electrons. The highest BCUT2D eigenvalue weighted by Crippen LogP contribution is 3.61. The van der Waals surface area contributed by atoms with Crippen LogP contribution in [0.25, 0.3) is 0 Å². The molecule has 54 unspecified atom stereocenters. The second kappa shape index (κ2) is 3.45. The summed E-state index contributed by atoms with van der Waals surface area (Å²) in [5, 5.41) is 0. The van der Waals surface area contributed by atoms with E-state index in [0.717, 1.165) is 130 Å². The maximum absolute atomic E-state index is 1.85. The fraction of sp³-hybridized carbons (Fsp3) is 1.00. The lowest BCUT2D eigenvalue weighted by molar-refractivity contribution is -1.14. The fourth-order valence-corrected chi connectivity index (χ4v) is 61.8. The first-order valence-electron chi connectivity index (χ1n) is 29.8. The highest BCUT2D eigenvalue weighted by atomic mass is 15.6. The quantitative estimate of drug-likeness (QED) is 0.283.